The molecular formula is C13H16FNO4. The average Bonchev–Trinajstić information content (AvgIpc) is 2.25. The minimum atomic E-state index is -1.44. The van der Waals surface area contributed by atoms with Gasteiger partial charge in [-0.15, -0.1) is 0 Å². The second-order valence-corrected chi connectivity index (χ2v) is 4.92. The summed E-state index contributed by atoms with van der Waals surface area (Å²) in [6.45, 7) is 5.11. The van der Waals surface area contributed by atoms with E-state index in [0.717, 1.165) is 6.07 Å². The predicted octanol–water partition coefficient (Wildman–Crippen LogP) is 2.28. The van der Waals surface area contributed by atoms with E-state index in [0.29, 0.717) is 0 Å². The minimum absolute atomic E-state index is 0.0880. The molecule has 0 aromatic heterocycles. The molecule has 0 radical (unpaired) electrons. The molecule has 0 atom stereocenters. The zero-order valence-corrected chi connectivity index (χ0v) is 11.0. The largest absolute Gasteiger partial charge is 0.478 e. The molecule has 0 aliphatic heterocycles. The molecule has 1 amide bonds. The van der Waals surface area contributed by atoms with Crippen molar-refractivity contribution in [2.75, 3.05) is 11.9 Å². The number of carboxylic acids is 1. The van der Waals surface area contributed by atoms with Crippen LogP contribution in [0.25, 0.3) is 0 Å². The predicted molar refractivity (Wildman–Crippen MR) is 67.7 cm³/mol. The van der Waals surface area contributed by atoms with Crippen molar-refractivity contribution in [3.63, 3.8) is 0 Å². The highest BCUT2D eigenvalue weighted by molar-refractivity contribution is 6.01. The second-order valence-electron chi connectivity index (χ2n) is 4.92. The zero-order chi connectivity index (χ0) is 14.6. The van der Waals surface area contributed by atoms with Gasteiger partial charge in [-0.25, -0.2) is 9.18 Å². The van der Waals surface area contributed by atoms with Crippen molar-refractivity contribution < 1.29 is 23.8 Å². The van der Waals surface area contributed by atoms with Gasteiger partial charge in [-0.2, -0.15) is 0 Å². The van der Waals surface area contributed by atoms with Gasteiger partial charge in [0.25, 0.3) is 0 Å². The van der Waals surface area contributed by atoms with Gasteiger partial charge in [0.05, 0.1) is 11.3 Å². The van der Waals surface area contributed by atoms with Crippen LogP contribution in [0.1, 0.15) is 31.1 Å². The number of hydrogen-bond donors (Lipinski definition) is 2. The number of benzene rings is 1. The number of anilines is 1. The van der Waals surface area contributed by atoms with Crippen LogP contribution in [0.5, 0.6) is 0 Å². The molecule has 0 bridgehead atoms. The van der Waals surface area contributed by atoms with Crippen molar-refractivity contribution in [3.05, 3.63) is 29.6 Å². The molecule has 0 unspecified atom stereocenters. The quantitative estimate of drug-likeness (QED) is 0.879. The van der Waals surface area contributed by atoms with Gasteiger partial charge in [-0.05, 0) is 32.9 Å². The summed E-state index contributed by atoms with van der Waals surface area (Å²) in [4.78, 5) is 22.5. The van der Waals surface area contributed by atoms with E-state index in [1.54, 1.807) is 20.8 Å². The van der Waals surface area contributed by atoms with Crippen LogP contribution in [0.3, 0.4) is 0 Å². The van der Waals surface area contributed by atoms with Crippen LogP contribution in [0.4, 0.5) is 10.1 Å². The van der Waals surface area contributed by atoms with Crippen LogP contribution in [0, 0.1) is 5.82 Å². The highest BCUT2D eigenvalue weighted by Gasteiger charge is 2.18. The van der Waals surface area contributed by atoms with Crippen LogP contribution < -0.4 is 5.32 Å². The molecule has 0 saturated carbocycles. The lowest BCUT2D eigenvalue weighted by Crippen LogP contribution is -2.27. The second kappa shape index (κ2) is 5.79. The van der Waals surface area contributed by atoms with Crippen molar-refractivity contribution in [2.24, 2.45) is 0 Å². The molecule has 1 aromatic rings. The topological polar surface area (TPSA) is 75.6 Å². The number of ether oxygens (including phenoxy) is 1. The first kappa shape index (κ1) is 15.1. The number of amides is 1. The van der Waals surface area contributed by atoms with Crippen LogP contribution in [0.2, 0.25) is 0 Å². The molecule has 5 nitrogen and oxygen atoms in total. The van der Waals surface area contributed by atoms with Crippen molar-refractivity contribution in [1.82, 2.24) is 0 Å². The van der Waals surface area contributed by atoms with Gasteiger partial charge in [0.15, 0.2) is 0 Å². The summed E-state index contributed by atoms with van der Waals surface area (Å²) >= 11 is 0. The van der Waals surface area contributed by atoms with E-state index in [9.17, 15) is 14.0 Å². The van der Waals surface area contributed by atoms with Gasteiger partial charge in [0, 0.05) is 0 Å². The molecule has 0 spiro atoms. The minimum Gasteiger partial charge on any atom is -0.478 e. The van der Waals surface area contributed by atoms with Gasteiger partial charge < -0.3 is 15.2 Å². The third kappa shape index (κ3) is 4.67. The highest BCUT2D eigenvalue weighted by atomic mass is 19.1. The van der Waals surface area contributed by atoms with Gasteiger partial charge in [0.2, 0.25) is 5.91 Å². The van der Waals surface area contributed by atoms with Crippen molar-refractivity contribution in [3.8, 4) is 0 Å². The molecule has 0 fully saturated rings. The van der Waals surface area contributed by atoms with Gasteiger partial charge >= 0.3 is 5.97 Å². The van der Waals surface area contributed by atoms with Gasteiger partial charge in [0.1, 0.15) is 18.0 Å². The van der Waals surface area contributed by atoms with Crippen LogP contribution in [-0.2, 0) is 9.53 Å². The van der Waals surface area contributed by atoms with E-state index in [1.807, 2.05) is 0 Å². The van der Waals surface area contributed by atoms with Gasteiger partial charge in [-0.3, -0.25) is 4.79 Å². The lowest BCUT2D eigenvalue weighted by molar-refractivity contribution is -0.125. The maximum atomic E-state index is 13.4. The Morgan fingerprint density at radius 1 is 1.37 bits per heavy atom. The van der Waals surface area contributed by atoms with Crippen LogP contribution >= 0.6 is 0 Å². The molecule has 1 rings (SSSR count). The SMILES string of the molecule is CC(C)(C)OCC(=O)Nc1cccc(F)c1C(=O)O. The maximum absolute atomic E-state index is 13.4. The summed E-state index contributed by atoms with van der Waals surface area (Å²) in [5, 5.41) is 11.2. The summed E-state index contributed by atoms with van der Waals surface area (Å²) in [7, 11) is 0. The third-order valence-corrected chi connectivity index (χ3v) is 2.14. The van der Waals surface area contributed by atoms with E-state index in [1.165, 1.54) is 12.1 Å². The molecule has 104 valence electrons. The Morgan fingerprint density at radius 2 is 2.00 bits per heavy atom. The molecule has 0 saturated heterocycles. The molecule has 6 heteroatoms. The molecule has 1 aromatic carbocycles. The van der Waals surface area contributed by atoms with E-state index in [-0.39, 0.29) is 12.3 Å². The maximum Gasteiger partial charge on any atom is 0.340 e. The Labute approximate surface area is 110 Å². The number of nitrogens with one attached hydrogen (secondary N) is 1. The fraction of sp³-hybridized carbons (Fsp3) is 0.385. The van der Waals surface area contributed by atoms with E-state index < -0.39 is 28.9 Å². The molecule has 19 heavy (non-hydrogen) atoms. The van der Waals surface area contributed by atoms with E-state index >= 15 is 0 Å². The molecular weight excluding hydrogens is 253 g/mol. The molecule has 0 aliphatic rings. The zero-order valence-electron chi connectivity index (χ0n) is 11.0. The van der Waals surface area contributed by atoms with Crippen molar-refractivity contribution >= 4 is 17.6 Å². The van der Waals surface area contributed by atoms with Crippen molar-refractivity contribution in [2.45, 2.75) is 26.4 Å². The first-order valence-corrected chi connectivity index (χ1v) is 5.66. The number of carbonyl (C=O) groups excluding carboxylic acids is 1. The van der Waals surface area contributed by atoms with E-state index in [2.05, 4.69) is 5.32 Å². The molecule has 0 heterocycles. The van der Waals surface area contributed by atoms with Crippen molar-refractivity contribution in [1.29, 1.82) is 0 Å². The first-order valence-electron chi connectivity index (χ1n) is 5.66. The number of rotatable bonds is 4. The summed E-state index contributed by atoms with van der Waals surface area (Å²) < 4.78 is 18.6. The number of carbonyl (C=O) groups is 2. The van der Waals surface area contributed by atoms with Gasteiger partial charge in [-0.1, -0.05) is 6.07 Å². The lowest BCUT2D eigenvalue weighted by atomic mass is 10.1. The van der Waals surface area contributed by atoms with Crippen LogP contribution in [0.15, 0.2) is 18.2 Å². The summed E-state index contributed by atoms with van der Waals surface area (Å²) in [6.07, 6.45) is 0. The number of halogens is 1. The lowest BCUT2D eigenvalue weighted by Gasteiger charge is -2.19. The summed E-state index contributed by atoms with van der Waals surface area (Å²) in [5.41, 5.74) is -1.14. The monoisotopic (exact) mass is 269 g/mol. The smallest absolute Gasteiger partial charge is 0.340 e. The third-order valence-electron chi connectivity index (χ3n) is 2.14. The fourth-order valence-corrected chi connectivity index (χ4v) is 1.31. The van der Waals surface area contributed by atoms with E-state index in [4.69, 9.17) is 9.84 Å². The Balaban J connectivity index is 2.80. The summed E-state index contributed by atoms with van der Waals surface area (Å²) in [6, 6.07) is 3.66. The van der Waals surface area contributed by atoms with Crippen LogP contribution in [-0.4, -0.2) is 29.2 Å². The number of aromatic carboxylic acids is 1. The Morgan fingerprint density at radius 3 is 2.53 bits per heavy atom. The number of carboxylic acid groups (broad SMARTS) is 1. The fourth-order valence-electron chi connectivity index (χ4n) is 1.31. The normalized spacial score (nSPS) is 11.2. The Bertz CT molecular complexity index is 494. The summed E-state index contributed by atoms with van der Waals surface area (Å²) in [5.74, 6) is -2.88. The first-order chi connectivity index (χ1) is 8.70. The standard InChI is InChI=1S/C13H16FNO4/c1-13(2,3)19-7-10(16)15-9-6-4-5-8(14)11(9)12(17)18/h4-6H,7H2,1-3H3,(H,15,16)(H,17,18). The Hall–Kier alpha value is -1.95. The average molecular weight is 269 g/mol. The molecule has 2 N–H and O–H groups in total. The molecule has 0 aliphatic carbocycles. The Kier molecular flexibility index (Phi) is 4.61. The number of hydrogen-bond acceptors (Lipinski definition) is 3. The highest BCUT2D eigenvalue weighted by Crippen LogP contribution is 2.19.